The normalized spacial score (nSPS) is 14.9. The molecular formula is C12H12ClNO2. The van der Waals surface area contributed by atoms with E-state index in [0.717, 1.165) is 0 Å². The number of nitrogens with zero attached hydrogens (tertiary/aromatic N) is 1. The van der Waals surface area contributed by atoms with Gasteiger partial charge in [-0.2, -0.15) is 0 Å². The molecule has 16 heavy (non-hydrogen) atoms. The third kappa shape index (κ3) is 1.71. The van der Waals surface area contributed by atoms with E-state index in [1.54, 1.807) is 18.2 Å². The SMILES string of the molecule is CC(C)CN1C(=O)c2ccc(Cl)cc2C1=O. The van der Waals surface area contributed by atoms with Crippen molar-refractivity contribution in [3.05, 3.63) is 34.3 Å². The van der Waals surface area contributed by atoms with E-state index in [-0.39, 0.29) is 17.7 Å². The fourth-order valence-corrected chi connectivity index (χ4v) is 1.97. The van der Waals surface area contributed by atoms with Gasteiger partial charge < -0.3 is 0 Å². The Balaban J connectivity index is 2.40. The topological polar surface area (TPSA) is 37.4 Å². The Morgan fingerprint density at radius 2 is 1.81 bits per heavy atom. The van der Waals surface area contributed by atoms with Gasteiger partial charge in [0, 0.05) is 11.6 Å². The predicted octanol–water partition coefficient (Wildman–Crippen LogP) is 2.59. The van der Waals surface area contributed by atoms with Crippen molar-refractivity contribution in [1.82, 2.24) is 4.90 Å². The Hall–Kier alpha value is -1.35. The van der Waals surface area contributed by atoms with E-state index in [1.165, 1.54) is 4.90 Å². The number of carbonyl (C=O) groups is 2. The molecule has 1 aromatic rings. The van der Waals surface area contributed by atoms with E-state index in [9.17, 15) is 9.59 Å². The van der Waals surface area contributed by atoms with E-state index in [2.05, 4.69) is 0 Å². The number of carbonyl (C=O) groups excluding carboxylic acids is 2. The first-order chi connectivity index (χ1) is 7.50. The van der Waals surface area contributed by atoms with Crippen LogP contribution in [0.4, 0.5) is 0 Å². The Labute approximate surface area is 99.0 Å². The van der Waals surface area contributed by atoms with Crippen LogP contribution in [-0.2, 0) is 0 Å². The molecule has 1 heterocycles. The van der Waals surface area contributed by atoms with Crippen LogP contribution in [0.15, 0.2) is 18.2 Å². The van der Waals surface area contributed by atoms with Gasteiger partial charge in [0.15, 0.2) is 0 Å². The minimum atomic E-state index is -0.240. The molecule has 1 aromatic carbocycles. The van der Waals surface area contributed by atoms with Gasteiger partial charge in [0.25, 0.3) is 11.8 Å². The molecule has 0 saturated heterocycles. The van der Waals surface area contributed by atoms with Crippen LogP contribution in [0.25, 0.3) is 0 Å². The van der Waals surface area contributed by atoms with Crippen LogP contribution in [0.5, 0.6) is 0 Å². The molecule has 2 rings (SSSR count). The zero-order valence-electron chi connectivity index (χ0n) is 9.16. The monoisotopic (exact) mass is 237 g/mol. The van der Waals surface area contributed by atoms with E-state index in [1.807, 2.05) is 13.8 Å². The van der Waals surface area contributed by atoms with Crippen LogP contribution < -0.4 is 0 Å². The van der Waals surface area contributed by atoms with Crippen LogP contribution in [0, 0.1) is 5.92 Å². The van der Waals surface area contributed by atoms with Crippen molar-refractivity contribution in [2.45, 2.75) is 13.8 Å². The Kier molecular flexibility index (Phi) is 2.72. The molecule has 0 radical (unpaired) electrons. The molecule has 2 amide bonds. The Morgan fingerprint density at radius 3 is 2.44 bits per heavy atom. The highest BCUT2D eigenvalue weighted by Crippen LogP contribution is 2.26. The summed E-state index contributed by atoms with van der Waals surface area (Å²) in [6.07, 6.45) is 0. The average molecular weight is 238 g/mol. The zero-order chi connectivity index (χ0) is 11.9. The highest BCUT2D eigenvalue weighted by molar-refractivity contribution is 6.32. The van der Waals surface area contributed by atoms with Gasteiger partial charge in [0.05, 0.1) is 11.1 Å². The number of benzene rings is 1. The summed E-state index contributed by atoms with van der Waals surface area (Å²) in [6, 6.07) is 4.79. The molecule has 0 unspecified atom stereocenters. The maximum atomic E-state index is 11.9. The maximum absolute atomic E-state index is 11.9. The second kappa shape index (κ2) is 3.91. The summed E-state index contributed by atoms with van der Waals surface area (Å²) in [4.78, 5) is 25.1. The average Bonchev–Trinajstić information content (AvgIpc) is 2.43. The molecule has 1 aliphatic rings. The molecule has 0 spiro atoms. The highest BCUT2D eigenvalue weighted by Gasteiger charge is 2.35. The summed E-state index contributed by atoms with van der Waals surface area (Å²) >= 11 is 5.81. The van der Waals surface area contributed by atoms with Gasteiger partial charge in [0.1, 0.15) is 0 Å². The summed E-state index contributed by atoms with van der Waals surface area (Å²) in [6.45, 7) is 4.39. The highest BCUT2D eigenvalue weighted by atomic mass is 35.5. The van der Waals surface area contributed by atoms with Crippen LogP contribution >= 0.6 is 11.6 Å². The van der Waals surface area contributed by atoms with Gasteiger partial charge in [0.2, 0.25) is 0 Å². The molecule has 3 nitrogen and oxygen atoms in total. The first-order valence-electron chi connectivity index (χ1n) is 5.16. The molecule has 1 aliphatic heterocycles. The van der Waals surface area contributed by atoms with Crippen molar-refractivity contribution < 1.29 is 9.59 Å². The molecule has 0 aliphatic carbocycles. The van der Waals surface area contributed by atoms with Crippen molar-refractivity contribution in [3.63, 3.8) is 0 Å². The zero-order valence-corrected chi connectivity index (χ0v) is 9.91. The van der Waals surface area contributed by atoms with Crippen molar-refractivity contribution in [2.75, 3.05) is 6.54 Å². The van der Waals surface area contributed by atoms with E-state index >= 15 is 0 Å². The third-order valence-electron chi connectivity index (χ3n) is 2.48. The predicted molar refractivity (Wildman–Crippen MR) is 61.7 cm³/mol. The number of imide groups is 1. The summed E-state index contributed by atoms with van der Waals surface area (Å²) in [7, 11) is 0. The molecule has 0 fully saturated rings. The molecule has 84 valence electrons. The van der Waals surface area contributed by atoms with E-state index in [0.29, 0.717) is 22.7 Å². The summed E-state index contributed by atoms with van der Waals surface area (Å²) in [5.74, 6) is -0.195. The number of hydrogen-bond acceptors (Lipinski definition) is 2. The van der Waals surface area contributed by atoms with Crippen LogP contribution in [0.3, 0.4) is 0 Å². The van der Waals surface area contributed by atoms with Crippen molar-refractivity contribution in [3.8, 4) is 0 Å². The molecular weight excluding hydrogens is 226 g/mol. The lowest BCUT2D eigenvalue weighted by molar-refractivity contribution is 0.0636. The van der Waals surface area contributed by atoms with Gasteiger partial charge in [-0.3, -0.25) is 14.5 Å². The van der Waals surface area contributed by atoms with E-state index < -0.39 is 0 Å². The van der Waals surface area contributed by atoms with Gasteiger partial charge in [-0.25, -0.2) is 0 Å². The molecule has 0 N–H and O–H groups in total. The lowest BCUT2D eigenvalue weighted by Crippen LogP contribution is -2.33. The Bertz CT molecular complexity index is 468. The number of rotatable bonds is 2. The lowest BCUT2D eigenvalue weighted by atomic mass is 10.1. The largest absolute Gasteiger partial charge is 0.274 e. The molecule has 0 saturated carbocycles. The van der Waals surface area contributed by atoms with Crippen LogP contribution in [-0.4, -0.2) is 23.3 Å². The molecule has 0 bridgehead atoms. The van der Waals surface area contributed by atoms with Crippen molar-refractivity contribution in [2.24, 2.45) is 5.92 Å². The minimum Gasteiger partial charge on any atom is -0.274 e. The van der Waals surface area contributed by atoms with Crippen molar-refractivity contribution in [1.29, 1.82) is 0 Å². The number of halogens is 1. The van der Waals surface area contributed by atoms with Crippen LogP contribution in [0.2, 0.25) is 5.02 Å². The fraction of sp³-hybridized carbons (Fsp3) is 0.333. The summed E-state index contributed by atoms with van der Waals surface area (Å²) < 4.78 is 0. The molecule has 4 heteroatoms. The maximum Gasteiger partial charge on any atom is 0.261 e. The van der Waals surface area contributed by atoms with E-state index in [4.69, 9.17) is 11.6 Å². The van der Waals surface area contributed by atoms with Gasteiger partial charge >= 0.3 is 0 Å². The molecule has 0 aromatic heterocycles. The smallest absolute Gasteiger partial charge is 0.261 e. The third-order valence-corrected chi connectivity index (χ3v) is 2.72. The number of hydrogen-bond donors (Lipinski definition) is 0. The van der Waals surface area contributed by atoms with Gasteiger partial charge in [-0.15, -0.1) is 0 Å². The summed E-state index contributed by atoms with van der Waals surface area (Å²) in [5.41, 5.74) is 0.869. The number of amides is 2. The summed E-state index contributed by atoms with van der Waals surface area (Å²) in [5, 5.41) is 0.478. The van der Waals surface area contributed by atoms with Crippen LogP contribution in [0.1, 0.15) is 34.6 Å². The van der Waals surface area contributed by atoms with Gasteiger partial charge in [-0.05, 0) is 24.1 Å². The lowest BCUT2D eigenvalue weighted by Gasteiger charge is -2.15. The van der Waals surface area contributed by atoms with Crippen molar-refractivity contribution >= 4 is 23.4 Å². The quantitative estimate of drug-likeness (QED) is 0.742. The first-order valence-corrected chi connectivity index (χ1v) is 5.54. The standard InChI is InChI=1S/C12H12ClNO2/c1-7(2)6-14-11(15)9-4-3-8(13)5-10(9)12(14)16/h3-5,7H,6H2,1-2H3. The first kappa shape index (κ1) is 11.1. The molecule has 0 atom stereocenters. The minimum absolute atomic E-state index is 0.217. The Morgan fingerprint density at radius 1 is 1.19 bits per heavy atom. The number of fused-ring (bicyclic) bond motifs is 1. The fourth-order valence-electron chi connectivity index (χ4n) is 1.79. The second-order valence-corrected chi connectivity index (χ2v) is 4.74. The van der Waals surface area contributed by atoms with Gasteiger partial charge in [-0.1, -0.05) is 25.4 Å². The second-order valence-electron chi connectivity index (χ2n) is 4.30.